The quantitative estimate of drug-likeness (QED) is 0.537. The summed E-state index contributed by atoms with van der Waals surface area (Å²) in [5, 5.41) is 2.89. The van der Waals surface area contributed by atoms with Gasteiger partial charge in [0.05, 0.1) is 13.7 Å². The van der Waals surface area contributed by atoms with Gasteiger partial charge in [-0.1, -0.05) is 0 Å². The predicted octanol–water partition coefficient (Wildman–Crippen LogP) is 4.15. The van der Waals surface area contributed by atoms with Gasteiger partial charge in [-0.25, -0.2) is 4.39 Å². The smallest absolute Gasteiger partial charge is 0.251 e. The molecule has 4 nitrogen and oxygen atoms in total. The van der Waals surface area contributed by atoms with Gasteiger partial charge in [0, 0.05) is 17.0 Å². The number of nitrogens with one attached hydrogen (secondary N) is 1. The monoisotopic (exact) mass is 363 g/mol. The van der Waals surface area contributed by atoms with Crippen LogP contribution in [0.3, 0.4) is 0 Å². The van der Waals surface area contributed by atoms with E-state index < -0.39 is 0 Å². The van der Waals surface area contributed by atoms with Crippen molar-refractivity contribution in [3.63, 3.8) is 0 Å². The highest BCUT2D eigenvalue weighted by molar-refractivity contribution is 7.99. The minimum absolute atomic E-state index is 0.145. The molecule has 0 atom stereocenters. The van der Waals surface area contributed by atoms with E-state index in [1.165, 1.54) is 12.1 Å². The second kappa shape index (κ2) is 9.93. The Hall–Kier alpha value is -2.21. The fourth-order valence-electron chi connectivity index (χ4n) is 2.18. The van der Waals surface area contributed by atoms with E-state index >= 15 is 0 Å². The molecule has 0 unspecified atom stereocenters. The van der Waals surface area contributed by atoms with Gasteiger partial charge in [-0.2, -0.15) is 0 Å². The lowest BCUT2D eigenvalue weighted by Gasteiger charge is -2.11. The van der Waals surface area contributed by atoms with Gasteiger partial charge >= 0.3 is 0 Å². The third-order valence-corrected chi connectivity index (χ3v) is 4.51. The Morgan fingerprint density at radius 2 is 1.92 bits per heavy atom. The lowest BCUT2D eigenvalue weighted by atomic mass is 10.2. The van der Waals surface area contributed by atoms with Crippen molar-refractivity contribution >= 4 is 17.7 Å². The van der Waals surface area contributed by atoms with Crippen LogP contribution in [-0.4, -0.2) is 31.9 Å². The molecule has 0 aliphatic carbocycles. The normalized spacial score (nSPS) is 10.4. The number of carbonyl (C=O) groups excluding carboxylic acids is 1. The van der Waals surface area contributed by atoms with Crippen molar-refractivity contribution in [3.8, 4) is 11.5 Å². The Morgan fingerprint density at radius 1 is 1.16 bits per heavy atom. The van der Waals surface area contributed by atoms with E-state index in [9.17, 15) is 9.18 Å². The van der Waals surface area contributed by atoms with E-state index in [1.807, 2.05) is 6.92 Å². The van der Waals surface area contributed by atoms with Gasteiger partial charge < -0.3 is 14.8 Å². The molecule has 6 heteroatoms. The van der Waals surface area contributed by atoms with Crippen LogP contribution in [0.1, 0.15) is 23.7 Å². The molecule has 0 radical (unpaired) electrons. The van der Waals surface area contributed by atoms with Crippen LogP contribution in [0.15, 0.2) is 47.4 Å². The van der Waals surface area contributed by atoms with E-state index in [0.717, 1.165) is 17.1 Å². The summed E-state index contributed by atoms with van der Waals surface area (Å²) in [7, 11) is 1.55. The van der Waals surface area contributed by atoms with Crippen molar-refractivity contribution in [2.75, 3.05) is 26.0 Å². The molecule has 2 aromatic rings. The number of rotatable bonds is 9. The molecule has 1 amide bonds. The lowest BCUT2D eigenvalue weighted by molar-refractivity contribution is 0.0953. The topological polar surface area (TPSA) is 47.6 Å². The molecule has 2 rings (SSSR count). The van der Waals surface area contributed by atoms with Crippen molar-refractivity contribution in [1.82, 2.24) is 5.32 Å². The maximum Gasteiger partial charge on any atom is 0.251 e. The first-order valence-corrected chi connectivity index (χ1v) is 9.10. The second-order valence-electron chi connectivity index (χ2n) is 5.21. The Labute approximate surface area is 151 Å². The number of methoxy groups -OCH3 is 1. The van der Waals surface area contributed by atoms with Crippen molar-refractivity contribution in [2.45, 2.75) is 18.2 Å². The predicted molar refractivity (Wildman–Crippen MR) is 98.2 cm³/mol. The number of halogens is 1. The van der Waals surface area contributed by atoms with Crippen molar-refractivity contribution in [1.29, 1.82) is 0 Å². The SMILES string of the molecule is CCOc1ccc(C(=O)NCCCSc2ccc(F)cc2)cc1OC. The van der Waals surface area contributed by atoms with Crippen LogP contribution < -0.4 is 14.8 Å². The zero-order valence-corrected chi connectivity index (χ0v) is 15.2. The fourth-order valence-corrected chi connectivity index (χ4v) is 3.03. The molecular weight excluding hydrogens is 341 g/mol. The minimum Gasteiger partial charge on any atom is -0.493 e. The third-order valence-electron chi connectivity index (χ3n) is 3.41. The van der Waals surface area contributed by atoms with E-state index in [-0.39, 0.29) is 11.7 Å². The van der Waals surface area contributed by atoms with Crippen molar-refractivity contribution in [3.05, 3.63) is 53.8 Å². The third kappa shape index (κ3) is 5.98. The molecule has 0 aromatic heterocycles. The van der Waals surface area contributed by atoms with Crippen molar-refractivity contribution in [2.24, 2.45) is 0 Å². The summed E-state index contributed by atoms with van der Waals surface area (Å²) < 4.78 is 23.5. The summed E-state index contributed by atoms with van der Waals surface area (Å²) in [6, 6.07) is 11.5. The summed E-state index contributed by atoms with van der Waals surface area (Å²) in [6.07, 6.45) is 0.821. The first kappa shape index (κ1) is 19.1. The van der Waals surface area contributed by atoms with Crippen LogP contribution in [-0.2, 0) is 0 Å². The largest absolute Gasteiger partial charge is 0.493 e. The summed E-state index contributed by atoms with van der Waals surface area (Å²) in [5.74, 6) is 1.63. The van der Waals surface area contributed by atoms with Crippen LogP contribution in [0.4, 0.5) is 4.39 Å². The van der Waals surface area contributed by atoms with Crippen LogP contribution >= 0.6 is 11.8 Å². The highest BCUT2D eigenvalue weighted by Crippen LogP contribution is 2.28. The van der Waals surface area contributed by atoms with Crippen LogP contribution in [0.2, 0.25) is 0 Å². The molecule has 0 aliphatic heterocycles. The Kier molecular flexibility index (Phi) is 7.60. The maximum absolute atomic E-state index is 12.8. The van der Waals surface area contributed by atoms with Gasteiger partial charge in [-0.05, 0) is 61.6 Å². The summed E-state index contributed by atoms with van der Waals surface area (Å²) in [4.78, 5) is 13.2. The van der Waals surface area contributed by atoms with Gasteiger partial charge in [0.2, 0.25) is 0 Å². The lowest BCUT2D eigenvalue weighted by Crippen LogP contribution is -2.24. The molecule has 0 saturated heterocycles. The molecule has 0 fully saturated rings. The first-order valence-electron chi connectivity index (χ1n) is 8.11. The number of thioether (sulfide) groups is 1. The molecule has 134 valence electrons. The number of ether oxygens (including phenoxy) is 2. The molecule has 1 N–H and O–H groups in total. The molecule has 0 saturated carbocycles. The van der Waals surface area contributed by atoms with Gasteiger partial charge in [0.25, 0.3) is 5.91 Å². The van der Waals surface area contributed by atoms with Gasteiger partial charge in [-0.15, -0.1) is 11.8 Å². The maximum atomic E-state index is 12.8. The molecular formula is C19H22FNO3S. The van der Waals surface area contributed by atoms with Gasteiger partial charge in [0.15, 0.2) is 11.5 Å². The van der Waals surface area contributed by atoms with Crippen LogP contribution in [0, 0.1) is 5.82 Å². The van der Waals surface area contributed by atoms with Gasteiger partial charge in [-0.3, -0.25) is 4.79 Å². The minimum atomic E-state index is -0.234. The Morgan fingerprint density at radius 3 is 2.60 bits per heavy atom. The highest BCUT2D eigenvalue weighted by Gasteiger charge is 2.10. The molecule has 0 spiro atoms. The number of benzene rings is 2. The molecule has 2 aromatic carbocycles. The van der Waals surface area contributed by atoms with Gasteiger partial charge in [0.1, 0.15) is 5.82 Å². The molecule has 0 aliphatic rings. The standard InChI is InChI=1S/C19H22FNO3S/c1-3-24-17-10-5-14(13-18(17)23-2)19(22)21-11-4-12-25-16-8-6-15(20)7-9-16/h5-10,13H,3-4,11-12H2,1-2H3,(H,21,22). The summed E-state index contributed by atoms with van der Waals surface area (Å²) in [5.41, 5.74) is 0.534. The zero-order valence-electron chi connectivity index (χ0n) is 14.4. The number of amides is 1. The summed E-state index contributed by atoms with van der Waals surface area (Å²) >= 11 is 1.64. The van der Waals surface area contributed by atoms with E-state index in [2.05, 4.69) is 5.32 Å². The second-order valence-corrected chi connectivity index (χ2v) is 6.38. The molecule has 0 bridgehead atoms. The van der Waals surface area contributed by atoms with Crippen LogP contribution in [0.5, 0.6) is 11.5 Å². The van der Waals surface area contributed by atoms with E-state index in [4.69, 9.17) is 9.47 Å². The number of carbonyl (C=O) groups is 1. The Bertz CT molecular complexity index is 692. The zero-order chi connectivity index (χ0) is 18.1. The van der Waals surface area contributed by atoms with Crippen LogP contribution in [0.25, 0.3) is 0 Å². The average molecular weight is 363 g/mol. The Balaban J connectivity index is 1.77. The number of hydrogen-bond acceptors (Lipinski definition) is 4. The van der Waals surface area contributed by atoms with Crippen molar-refractivity contribution < 1.29 is 18.7 Å². The number of hydrogen-bond donors (Lipinski definition) is 1. The first-order chi connectivity index (χ1) is 12.1. The van der Waals surface area contributed by atoms with E-state index in [0.29, 0.717) is 30.2 Å². The summed E-state index contributed by atoms with van der Waals surface area (Å²) in [6.45, 7) is 3.00. The van der Waals surface area contributed by atoms with E-state index in [1.54, 1.807) is 49.2 Å². The molecule has 25 heavy (non-hydrogen) atoms. The average Bonchev–Trinajstić information content (AvgIpc) is 2.63. The highest BCUT2D eigenvalue weighted by atomic mass is 32.2. The fraction of sp³-hybridized carbons (Fsp3) is 0.316. The molecule has 0 heterocycles.